The van der Waals surface area contributed by atoms with Gasteiger partial charge in [-0.25, -0.2) is 0 Å². The molecule has 0 amide bonds. The zero-order chi connectivity index (χ0) is 18.1. The van der Waals surface area contributed by atoms with Crippen molar-refractivity contribution in [3.05, 3.63) is 29.8 Å². The molecule has 2 saturated carbocycles. The Morgan fingerprint density at radius 1 is 0.963 bits per heavy atom. The third-order valence-corrected chi connectivity index (χ3v) is 6.63. The van der Waals surface area contributed by atoms with Gasteiger partial charge in [-0.15, -0.1) is 17.2 Å². The number of hydrogen-bond acceptors (Lipinski definition) is 3. The Morgan fingerprint density at radius 2 is 1.67 bits per heavy atom. The van der Waals surface area contributed by atoms with Gasteiger partial charge in [0.25, 0.3) is 0 Å². The number of hydrogen-bond donors (Lipinski definition) is 0. The molecule has 2 atom stereocenters. The van der Waals surface area contributed by atoms with Crippen LogP contribution in [0.5, 0.6) is 0 Å². The van der Waals surface area contributed by atoms with E-state index in [1.165, 1.54) is 57.2 Å². The normalized spacial score (nSPS) is 26.6. The summed E-state index contributed by atoms with van der Waals surface area (Å²) in [5.41, 5.74) is 2.01. The van der Waals surface area contributed by atoms with E-state index in [2.05, 4.69) is 36.4 Å². The Morgan fingerprint density at radius 3 is 2.33 bits per heavy atom. The minimum atomic E-state index is 0. The van der Waals surface area contributed by atoms with Gasteiger partial charge in [-0.3, -0.25) is 0 Å². The van der Waals surface area contributed by atoms with Crippen molar-refractivity contribution in [2.45, 2.75) is 84.1 Å². The van der Waals surface area contributed by atoms with E-state index in [1.54, 1.807) is 0 Å². The maximum Gasteiger partial charge on any atom is 0.127 e. The number of nitrogens with zero attached hydrogens (tertiary/aromatic N) is 4. The van der Waals surface area contributed by atoms with Gasteiger partial charge in [0.2, 0.25) is 0 Å². The van der Waals surface area contributed by atoms with Crippen molar-refractivity contribution in [2.24, 2.45) is 11.8 Å². The van der Waals surface area contributed by atoms with Gasteiger partial charge in [-0.05, 0) is 43.2 Å². The number of rotatable bonds is 3. The summed E-state index contributed by atoms with van der Waals surface area (Å²) >= 11 is 0. The average molecular weight is 544 g/mol. The minimum absolute atomic E-state index is 0. The average Bonchev–Trinajstić information content (AvgIpc) is 3.07. The zero-order valence-electron chi connectivity index (χ0n) is 16.7. The molecule has 4 nitrogen and oxygen atoms in total. The van der Waals surface area contributed by atoms with Crippen LogP contribution in [0.15, 0.2) is 12.3 Å². The first-order valence-electron chi connectivity index (χ1n) is 10.4. The summed E-state index contributed by atoms with van der Waals surface area (Å²) in [6, 6.07) is 5.78. The Bertz CT molecular complexity index is 741. The third kappa shape index (κ3) is 4.05. The molecular formula is C22H31IrN4-. The second-order valence-electron chi connectivity index (χ2n) is 8.51. The number of pyridine rings is 1. The summed E-state index contributed by atoms with van der Waals surface area (Å²) in [5.74, 6) is 4.09. The van der Waals surface area contributed by atoms with Gasteiger partial charge < -0.3 is 9.55 Å². The fraction of sp³-hybridized carbons (Fsp3) is 0.682. The van der Waals surface area contributed by atoms with Crippen molar-refractivity contribution >= 4 is 0 Å². The van der Waals surface area contributed by atoms with E-state index in [0.717, 1.165) is 17.1 Å². The van der Waals surface area contributed by atoms with Gasteiger partial charge in [-0.1, -0.05) is 58.2 Å². The largest absolute Gasteiger partial charge is 0.357 e. The first kappa shape index (κ1) is 20.7. The van der Waals surface area contributed by atoms with E-state index in [1.807, 2.05) is 12.3 Å². The first-order chi connectivity index (χ1) is 12.7. The molecule has 2 aliphatic carbocycles. The van der Waals surface area contributed by atoms with Crippen molar-refractivity contribution in [1.82, 2.24) is 19.7 Å². The molecule has 0 aromatic carbocycles. The summed E-state index contributed by atoms with van der Waals surface area (Å²) in [4.78, 5) is 4.49. The van der Waals surface area contributed by atoms with E-state index in [0.29, 0.717) is 23.8 Å². The van der Waals surface area contributed by atoms with Crippen molar-refractivity contribution < 1.29 is 20.1 Å². The first-order valence-corrected chi connectivity index (χ1v) is 10.4. The van der Waals surface area contributed by atoms with Crippen LogP contribution in [0.3, 0.4) is 0 Å². The van der Waals surface area contributed by atoms with Crippen LogP contribution < -0.4 is 0 Å². The predicted octanol–water partition coefficient (Wildman–Crippen LogP) is 5.49. The number of aromatic nitrogens is 4. The molecule has 5 heteroatoms. The molecule has 2 unspecified atom stereocenters. The van der Waals surface area contributed by atoms with Crippen molar-refractivity contribution in [1.29, 1.82) is 0 Å². The van der Waals surface area contributed by atoms with E-state index in [-0.39, 0.29) is 20.1 Å². The van der Waals surface area contributed by atoms with E-state index in [4.69, 9.17) is 10.2 Å². The SMILES string of the molecule is Cc1ncc[c-]c1-c1nnc(C2CCCCC2)n1C1C(C)CCCC1C.[Ir]. The van der Waals surface area contributed by atoms with Crippen molar-refractivity contribution in [3.63, 3.8) is 0 Å². The maximum absolute atomic E-state index is 4.77. The summed E-state index contributed by atoms with van der Waals surface area (Å²) in [5, 5.41) is 9.47. The summed E-state index contributed by atoms with van der Waals surface area (Å²) in [7, 11) is 0. The monoisotopic (exact) mass is 544 g/mol. The Labute approximate surface area is 176 Å². The molecule has 4 rings (SSSR count). The van der Waals surface area contributed by atoms with Crippen LogP contribution in [0.4, 0.5) is 0 Å². The molecule has 2 heterocycles. The Balaban J connectivity index is 0.00000210. The smallest absolute Gasteiger partial charge is 0.127 e. The van der Waals surface area contributed by atoms with Gasteiger partial charge in [0.05, 0.1) is 5.82 Å². The zero-order valence-corrected chi connectivity index (χ0v) is 19.1. The van der Waals surface area contributed by atoms with Crippen LogP contribution in [-0.2, 0) is 20.1 Å². The molecule has 0 saturated heterocycles. The molecule has 0 bridgehead atoms. The van der Waals surface area contributed by atoms with E-state index < -0.39 is 0 Å². The fourth-order valence-electron chi connectivity index (χ4n) is 5.25. The van der Waals surface area contributed by atoms with Crippen LogP contribution >= 0.6 is 0 Å². The van der Waals surface area contributed by atoms with Crippen LogP contribution in [0.25, 0.3) is 11.4 Å². The van der Waals surface area contributed by atoms with Gasteiger partial charge >= 0.3 is 0 Å². The van der Waals surface area contributed by atoms with Crippen LogP contribution in [0.1, 0.15) is 88.7 Å². The quantitative estimate of drug-likeness (QED) is 0.481. The molecular weight excluding hydrogens is 512 g/mol. The minimum Gasteiger partial charge on any atom is -0.357 e. The molecule has 0 spiro atoms. The number of aryl methyl sites for hydroxylation is 1. The van der Waals surface area contributed by atoms with Gasteiger partial charge in [0, 0.05) is 32.1 Å². The molecule has 2 aromatic heterocycles. The Hall–Kier alpha value is -1.06. The van der Waals surface area contributed by atoms with Gasteiger partial charge in [-0.2, -0.15) is 5.10 Å². The standard InChI is InChI=1S/C22H31N4.Ir/c1-15-9-7-10-16(2)20(15)26-21(18-11-5-4-6-12-18)24-25-22(26)19-13-8-14-23-17(19)3;/h8,14-16,18,20H,4-7,9-12H2,1-3H3;/q-1;. The summed E-state index contributed by atoms with van der Waals surface area (Å²) in [6.07, 6.45) is 12.3. The van der Waals surface area contributed by atoms with E-state index >= 15 is 0 Å². The molecule has 149 valence electrons. The second kappa shape index (κ2) is 8.96. The van der Waals surface area contributed by atoms with Crippen LogP contribution in [-0.4, -0.2) is 19.7 Å². The third-order valence-electron chi connectivity index (χ3n) is 6.63. The van der Waals surface area contributed by atoms with Crippen LogP contribution in [0.2, 0.25) is 0 Å². The molecule has 0 aliphatic heterocycles. The molecule has 27 heavy (non-hydrogen) atoms. The molecule has 2 aromatic rings. The van der Waals surface area contributed by atoms with Gasteiger partial charge in [0.1, 0.15) is 5.82 Å². The van der Waals surface area contributed by atoms with Crippen molar-refractivity contribution in [3.8, 4) is 11.4 Å². The van der Waals surface area contributed by atoms with Crippen molar-refractivity contribution in [2.75, 3.05) is 0 Å². The maximum atomic E-state index is 4.77. The topological polar surface area (TPSA) is 43.6 Å². The Kier molecular flexibility index (Phi) is 6.86. The molecule has 1 radical (unpaired) electrons. The van der Waals surface area contributed by atoms with E-state index in [9.17, 15) is 0 Å². The fourth-order valence-corrected chi connectivity index (χ4v) is 5.25. The van der Waals surface area contributed by atoms with Gasteiger partial charge in [0.15, 0.2) is 0 Å². The summed E-state index contributed by atoms with van der Waals surface area (Å²) < 4.78 is 2.52. The molecule has 2 fully saturated rings. The summed E-state index contributed by atoms with van der Waals surface area (Å²) in [6.45, 7) is 6.88. The second-order valence-corrected chi connectivity index (χ2v) is 8.51. The predicted molar refractivity (Wildman–Crippen MR) is 104 cm³/mol. The molecule has 0 N–H and O–H groups in total. The van der Waals surface area contributed by atoms with Crippen LogP contribution in [0, 0.1) is 24.8 Å². The molecule has 2 aliphatic rings.